The number of ketones is 1. The molecule has 3 amide bonds. The molecule has 0 aromatic rings. The van der Waals surface area contributed by atoms with Gasteiger partial charge in [-0.15, -0.1) is 0 Å². The van der Waals surface area contributed by atoms with Gasteiger partial charge in [0.1, 0.15) is 12.6 Å². The number of carboxylic acid groups (broad SMARTS) is 3. The van der Waals surface area contributed by atoms with E-state index >= 15 is 0 Å². The molecule has 0 bridgehead atoms. The standard InChI is InChI=1S/C37H65N3O14S/c1-29(36(47)48)39-33(43)21-20-30(37(49)50)27-31(41)28-54-25-24-53-23-22-38-32(42)18-16-26-55(51,52)40-34(44)17-14-12-10-8-6-4-2-3-5-7-9-11-13-15-19-35(45)46/h29-30H,2-28H2,1H3,(H,38,42)(H,39,43)(H,40,44)(H,45,46)(H,47,48)(H,49,50)/t29-,30+/m0/s1. The fourth-order valence-corrected chi connectivity index (χ4v) is 6.54. The predicted octanol–water partition coefficient (Wildman–Crippen LogP) is 3.72. The minimum atomic E-state index is -3.85. The lowest BCUT2D eigenvalue weighted by Gasteiger charge is -2.13. The van der Waals surface area contributed by atoms with Crippen LogP contribution in [0.25, 0.3) is 0 Å². The van der Waals surface area contributed by atoms with Gasteiger partial charge in [-0.25, -0.2) is 8.42 Å². The van der Waals surface area contributed by atoms with Crippen molar-refractivity contribution in [3.63, 3.8) is 0 Å². The summed E-state index contributed by atoms with van der Waals surface area (Å²) in [4.78, 5) is 80.7. The summed E-state index contributed by atoms with van der Waals surface area (Å²) in [6.45, 7) is 1.31. The van der Waals surface area contributed by atoms with Crippen LogP contribution in [0, 0.1) is 5.92 Å². The van der Waals surface area contributed by atoms with Gasteiger partial charge in [0.2, 0.25) is 27.7 Å². The lowest BCUT2D eigenvalue weighted by molar-refractivity contribution is -0.145. The SMILES string of the molecule is C[C@H](NC(=O)CC[C@H](CC(=O)COCCOCCNC(=O)CCCS(=O)(=O)NC(=O)CCCCCCCCCCCCCCCCC(=O)O)C(=O)O)C(=O)O. The maximum atomic E-state index is 12.2. The smallest absolute Gasteiger partial charge is 0.325 e. The van der Waals surface area contributed by atoms with E-state index in [4.69, 9.17) is 19.7 Å². The maximum absolute atomic E-state index is 12.2. The molecule has 6 N–H and O–H groups in total. The Kier molecular flexibility index (Phi) is 30.4. The largest absolute Gasteiger partial charge is 0.481 e. The van der Waals surface area contributed by atoms with Crippen LogP contribution in [-0.4, -0.2) is 110 Å². The Bertz CT molecular complexity index is 1260. The average molecular weight is 808 g/mol. The van der Waals surface area contributed by atoms with Crippen molar-refractivity contribution in [2.75, 3.05) is 38.7 Å². The fourth-order valence-electron chi connectivity index (χ4n) is 5.47. The molecule has 0 saturated heterocycles. The van der Waals surface area contributed by atoms with Crippen LogP contribution in [0.5, 0.6) is 0 Å². The summed E-state index contributed by atoms with van der Waals surface area (Å²) in [5, 5.41) is 31.6. The quantitative estimate of drug-likeness (QED) is 0.0486. The van der Waals surface area contributed by atoms with Crippen LogP contribution in [-0.2, 0) is 53.1 Å². The highest BCUT2D eigenvalue weighted by Crippen LogP contribution is 2.15. The van der Waals surface area contributed by atoms with E-state index in [-0.39, 0.29) is 89.6 Å². The number of rotatable bonds is 38. The summed E-state index contributed by atoms with van der Waals surface area (Å²) in [6, 6.07) is -1.12. The lowest BCUT2D eigenvalue weighted by Crippen LogP contribution is -2.38. The number of aliphatic carboxylic acids is 3. The third kappa shape index (κ3) is 33.4. The van der Waals surface area contributed by atoms with Crippen LogP contribution in [0.3, 0.4) is 0 Å². The van der Waals surface area contributed by atoms with Crippen molar-refractivity contribution in [2.45, 2.75) is 148 Å². The molecule has 0 rings (SSSR count). The zero-order chi connectivity index (χ0) is 41.3. The summed E-state index contributed by atoms with van der Waals surface area (Å²) in [6.07, 6.45) is 14.3. The molecule has 55 heavy (non-hydrogen) atoms. The molecule has 0 heterocycles. The number of carboxylic acids is 3. The number of nitrogens with one attached hydrogen (secondary N) is 3. The molecule has 2 atom stereocenters. The molecule has 17 nitrogen and oxygen atoms in total. The number of unbranched alkanes of at least 4 members (excludes halogenated alkanes) is 13. The topological polar surface area (TPSA) is 269 Å². The minimum absolute atomic E-state index is 0.0276. The lowest BCUT2D eigenvalue weighted by atomic mass is 9.97. The van der Waals surface area contributed by atoms with Crippen LogP contribution in [0.1, 0.15) is 142 Å². The van der Waals surface area contributed by atoms with Gasteiger partial charge in [-0.05, 0) is 32.6 Å². The van der Waals surface area contributed by atoms with Gasteiger partial charge in [0.25, 0.3) is 0 Å². The Hall–Kier alpha value is -3.64. The second kappa shape index (κ2) is 32.6. The summed E-state index contributed by atoms with van der Waals surface area (Å²) in [5.41, 5.74) is 0. The van der Waals surface area contributed by atoms with E-state index in [0.29, 0.717) is 6.42 Å². The Labute approximate surface area is 325 Å². The fraction of sp³-hybridized carbons (Fsp3) is 0.811. The first kappa shape index (κ1) is 51.4. The van der Waals surface area contributed by atoms with Crippen LogP contribution in [0.4, 0.5) is 0 Å². The van der Waals surface area contributed by atoms with Crippen molar-refractivity contribution in [2.24, 2.45) is 5.92 Å². The van der Waals surface area contributed by atoms with E-state index in [1.54, 1.807) is 0 Å². The molecule has 0 aliphatic rings. The van der Waals surface area contributed by atoms with Gasteiger partial charge in [-0.2, -0.15) is 0 Å². The summed E-state index contributed by atoms with van der Waals surface area (Å²) < 4.78 is 37.0. The van der Waals surface area contributed by atoms with Crippen molar-refractivity contribution in [3.8, 4) is 0 Å². The van der Waals surface area contributed by atoms with Crippen molar-refractivity contribution in [1.82, 2.24) is 15.4 Å². The molecule has 0 aliphatic heterocycles. The first-order valence-corrected chi connectivity index (χ1v) is 21.2. The number of ether oxygens (including phenoxy) is 2. The van der Waals surface area contributed by atoms with E-state index in [0.717, 1.165) is 51.4 Å². The Balaban J connectivity index is 3.79. The van der Waals surface area contributed by atoms with Crippen molar-refractivity contribution in [3.05, 3.63) is 0 Å². The number of carbonyl (C=O) groups is 7. The molecule has 0 saturated carbocycles. The van der Waals surface area contributed by atoms with Crippen LogP contribution in [0.2, 0.25) is 0 Å². The van der Waals surface area contributed by atoms with Crippen LogP contribution in [0.15, 0.2) is 0 Å². The van der Waals surface area contributed by atoms with Gasteiger partial charge in [-0.3, -0.25) is 38.3 Å². The van der Waals surface area contributed by atoms with E-state index in [9.17, 15) is 47.1 Å². The number of carbonyl (C=O) groups excluding carboxylic acids is 4. The molecule has 318 valence electrons. The highest BCUT2D eigenvalue weighted by Gasteiger charge is 2.23. The number of hydrogen-bond donors (Lipinski definition) is 6. The molecule has 0 aromatic carbocycles. The number of sulfonamides is 1. The van der Waals surface area contributed by atoms with Gasteiger partial charge < -0.3 is 35.4 Å². The Morgan fingerprint density at radius 2 is 1.09 bits per heavy atom. The second-order valence-corrected chi connectivity index (χ2v) is 15.6. The Morgan fingerprint density at radius 3 is 1.62 bits per heavy atom. The van der Waals surface area contributed by atoms with Gasteiger partial charge in [0.15, 0.2) is 5.78 Å². The minimum Gasteiger partial charge on any atom is -0.481 e. The molecule has 0 aliphatic carbocycles. The van der Waals surface area contributed by atoms with E-state index in [1.165, 1.54) is 39.0 Å². The van der Waals surface area contributed by atoms with Crippen molar-refractivity contribution in [1.29, 1.82) is 0 Å². The number of amides is 3. The zero-order valence-electron chi connectivity index (χ0n) is 32.5. The highest BCUT2D eigenvalue weighted by atomic mass is 32.2. The molecule has 0 aromatic heterocycles. The summed E-state index contributed by atoms with van der Waals surface area (Å²) >= 11 is 0. The van der Waals surface area contributed by atoms with Gasteiger partial charge in [-0.1, -0.05) is 77.0 Å². The van der Waals surface area contributed by atoms with E-state index < -0.39 is 57.5 Å². The molecule has 18 heteroatoms. The first-order valence-electron chi connectivity index (χ1n) is 19.6. The predicted molar refractivity (Wildman–Crippen MR) is 203 cm³/mol. The normalized spacial score (nSPS) is 12.4. The highest BCUT2D eigenvalue weighted by molar-refractivity contribution is 7.90. The summed E-state index contributed by atoms with van der Waals surface area (Å²) in [7, 11) is -3.85. The van der Waals surface area contributed by atoms with Crippen LogP contribution < -0.4 is 15.4 Å². The molecule has 0 spiro atoms. The zero-order valence-corrected chi connectivity index (χ0v) is 33.3. The molecular weight excluding hydrogens is 742 g/mol. The maximum Gasteiger partial charge on any atom is 0.325 e. The molecule has 0 radical (unpaired) electrons. The molecular formula is C37H65N3O14S. The second-order valence-electron chi connectivity index (χ2n) is 13.8. The number of Topliss-reactive ketones (excluding diaryl/α,β-unsaturated/α-hetero) is 1. The van der Waals surface area contributed by atoms with Gasteiger partial charge in [0, 0.05) is 38.6 Å². The Morgan fingerprint density at radius 1 is 0.582 bits per heavy atom. The van der Waals surface area contributed by atoms with Crippen molar-refractivity contribution >= 4 is 51.4 Å². The van der Waals surface area contributed by atoms with E-state index in [1.807, 2.05) is 0 Å². The summed E-state index contributed by atoms with van der Waals surface area (Å²) in [5.74, 6) is -6.75. The van der Waals surface area contributed by atoms with Gasteiger partial charge >= 0.3 is 17.9 Å². The number of hydrogen-bond acceptors (Lipinski definition) is 11. The third-order valence-corrected chi connectivity index (χ3v) is 9.99. The molecule has 0 unspecified atom stereocenters. The first-order chi connectivity index (χ1) is 26.1. The monoisotopic (exact) mass is 807 g/mol. The van der Waals surface area contributed by atoms with Crippen molar-refractivity contribution < 1.29 is 66.8 Å². The third-order valence-electron chi connectivity index (χ3n) is 8.63. The average Bonchev–Trinajstić information content (AvgIpc) is 3.10. The van der Waals surface area contributed by atoms with Crippen LogP contribution >= 0.6 is 0 Å². The molecule has 0 fully saturated rings. The van der Waals surface area contributed by atoms with E-state index in [2.05, 4.69) is 15.4 Å². The van der Waals surface area contributed by atoms with Gasteiger partial charge in [0.05, 0.1) is 31.5 Å².